The highest BCUT2D eigenvalue weighted by Crippen LogP contribution is 2.30. The lowest BCUT2D eigenvalue weighted by Crippen LogP contribution is -2.06. The first kappa shape index (κ1) is 13.5. The SMILES string of the molecule is OCCCn1nnnc1-c1ccc(C(F)(F)F)cc1. The Hall–Kier alpha value is -1.96. The Bertz CT molecular complexity index is 536. The number of aryl methyl sites for hydroxylation is 1. The van der Waals surface area contributed by atoms with Gasteiger partial charge in [0.2, 0.25) is 0 Å². The van der Waals surface area contributed by atoms with Crippen molar-refractivity contribution in [2.45, 2.75) is 19.1 Å². The van der Waals surface area contributed by atoms with E-state index < -0.39 is 11.7 Å². The van der Waals surface area contributed by atoms with Crippen molar-refractivity contribution in [2.75, 3.05) is 6.61 Å². The first-order chi connectivity index (χ1) is 9.02. The van der Waals surface area contributed by atoms with Gasteiger partial charge in [-0.1, -0.05) is 12.1 Å². The highest BCUT2D eigenvalue weighted by molar-refractivity contribution is 5.55. The van der Waals surface area contributed by atoms with Crippen LogP contribution in [-0.2, 0) is 12.7 Å². The molecular formula is C11H11F3N4O. The minimum Gasteiger partial charge on any atom is -0.396 e. The normalized spacial score (nSPS) is 11.8. The fourth-order valence-electron chi connectivity index (χ4n) is 1.59. The van der Waals surface area contributed by atoms with Gasteiger partial charge in [-0.05, 0) is 29.0 Å². The summed E-state index contributed by atoms with van der Waals surface area (Å²) in [6, 6.07) is 4.62. The smallest absolute Gasteiger partial charge is 0.396 e. The van der Waals surface area contributed by atoms with Gasteiger partial charge in [0.25, 0.3) is 0 Å². The average Bonchev–Trinajstić information content (AvgIpc) is 2.83. The van der Waals surface area contributed by atoms with Crippen LogP contribution in [0.1, 0.15) is 12.0 Å². The maximum Gasteiger partial charge on any atom is 0.416 e. The van der Waals surface area contributed by atoms with Gasteiger partial charge in [-0.15, -0.1) is 5.10 Å². The molecule has 5 nitrogen and oxygen atoms in total. The fourth-order valence-corrected chi connectivity index (χ4v) is 1.59. The number of benzene rings is 1. The number of aromatic nitrogens is 4. The summed E-state index contributed by atoms with van der Waals surface area (Å²) in [6.07, 6.45) is -3.89. The zero-order valence-corrected chi connectivity index (χ0v) is 9.80. The Morgan fingerprint density at radius 2 is 1.84 bits per heavy atom. The van der Waals surface area contributed by atoms with Crippen LogP contribution in [0, 0.1) is 0 Å². The van der Waals surface area contributed by atoms with Crippen LogP contribution in [-0.4, -0.2) is 31.9 Å². The number of hydrogen-bond acceptors (Lipinski definition) is 4. The number of halogens is 3. The summed E-state index contributed by atoms with van der Waals surface area (Å²) in [7, 11) is 0. The third kappa shape index (κ3) is 3.08. The molecule has 1 aromatic heterocycles. The molecule has 0 radical (unpaired) electrons. The summed E-state index contributed by atoms with van der Waals surface area (Å²) >= 11 is 0. The molecule has 0 amide bonds. The minimum absolute atomic E-state index is 0.00763. The Kier molecular flexibility index (Phi) is 3.79. The molecule has 0 atom stereocenters. The molecule has 1 N–H and O–H groups in total. The van der Waals surface area contributed by atoms with Crippen molar-refractivity contribution < 1.29 is 18.3 Å². The number of hydrogen-bond donors (Lipinski definition) is 1. The number of aliphatic hydroxyl groups excluding tert-OH is 1. The van der Waals surface area contributed by atoms with Crippen LogP contribution in [0.4, 0.5) is 13.2 Å². The van der Waals surface area contributed by atoms with E-state index in [4.69, 9.17) is 5.11 Å². The van der Waals surface area contributed by atoms with E-state index in [-0.39, 0.29) is 6.61 Å². The summed E-state index contributed by atoms with van der Waals surface area (Å²) in [4.78, 5) is 0. The van der Waals surface area contributed by atoms with Crippen molar-refractivity contribution in [2.24, 2.45) is 0 Å². The van der Waals surface area contributed by atoms with Crippen LogP contribution < -0.4 is 0 Å². The number of aliphatic hydroxyl groups is 1. The largest absolute Gasteiger partial charge is 0.416 e. The molecule has 0 spiro atoms. The third-order valence-electron chi connectivity index (χ3n) is 2.53. The van der Waals surface area contributed by atoms with E-state index in [9.17, 15) is 13.2 Å². The lowest BCUT2D eigenvalue weighted by atomic mass is 10.1. The lowest BCUT2D eigenvalue weighted by Gasteiger charge is -2.07. The maximum absolute atomic E-state index is 12.4. The number of nitrogens with zero attached hydrogens (tertiary/aromatic N) is 4. The van der Waals surface area contributed by atoms with Crippen molar-refractivity contribution in [3.05, 3.63) is 29.8 Å². The Balaban J connectivity index is 2.25. The Morgan fingerprint density at radius 3 is 2.42 bits per heavy atom. The lowest BCUT2D eigenvalue weighted by molar-refractivity contribution is -0.137. The zero-order valence-electron chi connectivity index (χ0n) is 9.80. The molecule has 0 bridgehead atoms. The van der Waals surface area contributed by atoms with E-state index in [1.807, 2.05) is 0 Å². The summed E-state index contributed by atoms with van der Waals surface area (Å²) in [5.74, 6) is 0.377. The summed E-state index contributed by atoms with van der Waals surface area (Å²) in [6.45, 7) is 0.395. The fraction of sp³-hybridized carbons (Fsp3) is 0.364. The molecule has 0 fully saturated rings. The van der Waals surface area contributed by atoms with Crippen molar-refractivity contribution in [1.29, 1.82) is 0 Å². The Morgan fingerprint density at radius 1 is 1.16 bits per heavy atom. The molecule has 0 unspecified atom stereocenters. The molecule has 0 aliphatic carbocycles. The van der Waals surface area contributed by atoms with Gasteiger partial charge < -0.3 is 5.11 Å². The molecule has 8 heteroatoms. The van der Waals surface area contributed by atoms with Crippen LogP contribution in [0.3, 0.4) is 0 Å². The summed E-state index contributed by atoms with van der Waals surface area (Å²) in [5.41, 5.74) is -0.221. The van der Waals surface area contributed by atoms with E-state index in [0.29, 0.717) is 24.4 Å². The molecule has 0 aliphatic heterocycles. The average molecular weight is 272 g/mol. The van der Waals surface area contributed by atoms with Gasteiger partial charge in [-0.25, -0.2) is 4.68 Å². The van der Waals surface area contributed by atoms with Crippen LogP contribution in [0.5, 0.6) is 0 Å². The van der Waals surface area contributed by atoms with Crippen LogP contribution in [0.15, 0.2) is 24.3 Å². The topological polar surface area (TPSA) is 63.8 Å². The second-order valence-corrected chi connectivity index (χ2v) is 3.88. The van der Waals surface area contributed by atoms with E-state index in [1.54, 1.807) is 0 Å². The van der Waals surface area contributed by atoms with E-state index in [1.165, 1.54) is 16.8 Å². The molecule has 19 heavy (non-hydrogen) atoms. The molecule has 0 saturated heterocycles. The van der Waals surface area contributed by atoms with Crippen LogP contribution >= 0.6 is 0 Å². The van der Waals surface area contributed by atoms with Crippen molar-refractivity contribution in [3.8, 4) is 11.4 Å². The summed E-state index contributed by atoms with van der Waals surface area (Å²) in [5, 5.41) is 19.7. The van der Waals surface area contributed by atoms with Crippen molar-refractivity contribution >= 4 is 0 Å². The molecule has 1 aromatic carbocycles. The predicted molar refractivity (Wildman–Crippen MR) is 60.0 cm³/mol. The highest BCUT2D eigenvalue weighted by atomic mass is 19.4. The van der Waals surface area contributed by atoms with E-state index >= 15 is 0 Å². The highest BCUT2D eigenvalue weighted by Gasteiger charge is 2.30. The molecular weight excluding hydrogens is 261 g/mol. The monoisotopic (exact) mass is 272 g/mol. The predicted octanol–water partition coefficient (Wildman–Crippen LogP) is 1.74. The van der Waals surface area contributed by atoms with E-state index in [0.717, 1.165) is 12.1 Å². The molecule has 0 saturated carbocycles. The van der Waals surface area contributed by atoms with Crippen LogP contribution in [0.2, 0.25) is 0 Å². The second-order valence-electron chi connectivity index (χ2n) is 3.88. The minimum atomic E-state index is -4.36. The zero-order chi connectivity index (χ0) is 13.9. The second kappa shape index (κ2) is 5.35. The van der Waals surface area contributed by atoms with E-state index in [2.05, 4.69) is 15.5 Å². The summed E-state index contributed by atoms with van der Waals surface area (Å²) < 4.78 is 38.7. The standard InChI is InChI=1S/C11H11F3N4O/c12-11(13,14)9-4-2-8(3-5-9)10-15-16-17-18(10)6-1-7-19/h2-5,19H,1,6-7H2. The van der Waals surface area contributed by atoms with Crippen molar-refractivity contribution in [3.63, 3.8) is 0 Å². The first-order valence-electron chi connectivity index (χ1n) is 5.57. The van der Waals surface area contributed by atoms with Gasteiger partial charge in [0, 0.05) is 18.7 Å². The Labute approximate surface area is 106 Å². The molecule has 0 aliphatic rings. The van der Waals surface area contributed by atoms with Gasteiger partial charge in [0.15, 0.2) is 5.82 Å². The molecule has 1 heterocycles. The van der Waals surface area contributed by atoms with Crippen molar-refractivity contribution in [1.82, 2.24) is 20.2 Å². The number of tetrazole rings is 1. The van der Waals surface area contributed by atoms with Gasteiger partial charge in [0.05, 0.1) is 5.56 Å². The van der Waals surface area contributed by atoms with Gasteiger partial charge in [0.1, 0.15) is 0 Å². The first-order valence-corrected chi connectivity index (χ1v) is 5.57. The molecule has 102 valence electrons. The number of alkyl halides is 3. The molecule has 2 rings (SSSR count). The quantitative estimate of drug-likeness (QED) is 0.920. The van der Waals surface area contributed by atoms with Gasteiger partial charge >= 0.3 is 6.18 Å². The van der Waals surface area contributed by atoms with Gasteiger partial charge in [-0.3, -0.25) is 0 Å². The third-order valence-corrected chi connectivity index (χ3v) is 2.53. The maximum atomic E-state index is 12.4. The molecule has 2 aromatic rings. The number of rotatable bonds is 4. The van der Waals surface area contributed by atoms with Gasteiger partial charge in [-0.2, -0.15) is 13.2 Å². The van der Waals surface area contributed by atoms with Crippen LogP contribution in [0.25, 0.3) is 11.4 Å².